The molecule has 0 radical (unpaired) electrons. The molecule has 0 spiro atoms. The molecule has 1 aromatic carbocycles. The number of β-amino-alcohol motifs (C(OH)–C–C–N with tert-alkyl or cyclic N) is 1. The monoisotopic (exact) mass is 374 g/mol. The minimum Gasteiger partial charge on any atom is -0.491 e. The number of morpholine rings is 1. The summed E-state index contributed by atoms with van der Waals surface area (Å²) < 4.78 is 13.2. The molecular weight excluding hydrogens is 344 g/mol. The number of nitrogens with zero attached hydrogens (tertiary/aromatic N) is 4. The van der Waals surface area contributed by atoms with Crippen molar-refractivity contribution < 1.29 is 14.6 Å². The first kappa shape index (κ1) is 19.8. The highest BCUT2D eigenvalue weighted by molar-refractivity contribution is 5.28. The molecule has 1 aromatic heterocycles. The molecule has 1 saturated heterocycles. The molecule has 0 amide bonds. The molecule has 7 heteroatoms. The lowest BCUT2D eigenvalue weighted by Crippen LogP contribution is -2.42. The van der Waals surface area contributed by atoms with E-state index < -0.39 is 6.10 Å². The van der Waals surface area contributed by atoms with Gasteiger partial charge in [0.25, 0.3) is 0 Å². The number of aryl methyl sites for hydroxylation is 1. The molecule has 0 bridgehead atoms. The van der Waals surface area contributed by atoms with E-state index in [4.69, 9.17) is 9.47 Å². The van der Waals surface area contributed by atoms with Crippen LogP contribution in [0.15, 0.2) is 36.7 Å². The number of hydrogen-bond donors (Lipinski definition) is 1. The summed E-state index contributed by atoms with van der Waals surface area (Å²) in [6, 6.07) is 8.06. The van der Waals surface area contributed by atoms with E-state index in [1.165, 1.54) is 5.56 Å². The first-order chi connectivity index (χ1) is 13.1. The van der Waals surface area contributed by atoms with Gasteiger partial charge in [-0.25, -0.2) is 4.98 Å². The predicted molar refractivity (Wildman–Crippen MR) is 104 cm³/mol. The summed E-state index contributed by atoms with van der Waals surface area (Å²) in [6.07, 6.45) is 3.28. The second kappa shape index (κ2) is 9.85. The van der Waals surface area contributed by atoms with Crippen molar-refractivity contribution in [3.63, 3.8) is 0 Å². The van der Waals surface area contributed by atoms with Crippen LogP contribution in [0.2, 0.25) is 0 Å². The number of aliphatic hydroxyl groups is 1. The van der Waals surface area contributed by atoms with E-state index in [1.807, 2.05) is 42.2 Å². The SMILES string of the molecule is CN(Cc1cccc(OC[C@H](O)CN2CCOCC2)c1)Cc1nccn1C. The fraction of sp³-hybridized carbons (Fsp3) is 0.550. The Morgan fingerprint density at radius 3 is 2.85 bits per heavy atom. The van der Waals surface area contributed by atoms with Crippen LogP contribution in [-0.4, -0.2) is 77.1 Å². The lowest BCUT2D eigenvalue weighted by atomic mass is 10.2. The van der Waals surface area contributed by atoms with Gasteiger partial charge in [0.05, 0.1) is 19.8 Å². The summed E-state index contributed by atoms with van der Waals surface area (Å²) in [5, 5.41) is 10.2. The van der Waals surface area contributed by atoms with Crippen LogP contribution >= 0.6 is 0 Å². The average Bonchev–Trinajstić information content (AvgIpc) is 3.06. The van der Waals surface area contributed by atoms with Gasteiger partial charge in [-0.15, -0.1) is 0 Å². The number of hydrogen-bond acceptors (Lipinski definition) is 6. The van der Waals surface area contributed by atoms with Crippen LogP contribution < -0.4 is 4.74 Å². The predicted octanol–water partition coefficient (Wildman–Crippen LogP) is 1.12. The topological polar surface area (TPSA) is 63.0 Å². The summed E-state index contributed by atoms with van der Waals surface area (Å²) in [5.41, 5.74) is 1.17. The summed E-state index contributed by atoms with van der Waals surface area (Å²) in [5.74, 6) is 1.83. The van der Waals surface area contributed by atoms with Gasteiger partial charge in [0.15, 0.2) is 0 Å². The Morgan fingerprint density at radius 1 is 1.30 bits per heavy atom. The third-order valence-electron chi connectivity index (χ3n) is 4.70. The lowest BCUT2D eigenvalue weighted by molar-refractivity contribution is 0.00464. The highest BCUT2D eigenvalue weighted by Gasteiger charge is 2.15. The van der Waals surface area contributed by atoms with Gasteiger partial charge in [-0.05, 0) is 24.7 Å². The molecule has 1 atom stereocenters. The fourth-order valence-corrected chi connectivity index (χ4v) is 3.22. The standard InChI is InChI=1S/C20H30N4O3/c1-22(15-20-21-6-7-23(20)2)13-17-4-3-5-19(12-17)27-16-18(25)14-24-8-10-26-11-9-24/h3-7,12,18,25H,8-11,13-16H2,1-2H3/t18-/m1/s1. The van der Waals surface area contributed by atoms with Crippen molar-refractivity contribution in [1.82, 2.24) is 19.4 Å². The normalized spacial score (nSPS) is 16.6. The zero-order chi connectivity index (χ0) is 19.1. The van der Waals surface area contributed by atoms with Gasteiger partial charge in [0.2, 0.25) is 0 Å². The molecule has 3 rings (SSSR count). The first-order valence-corrected chi connectivity index (χ1v) is 9.45. The molecule has 1 aliphatic rings. The van der Waals surface area contributed by atoms with Gasteiger partial charge in [0, 0.05) is 45.6 Å². The van der Waals surface area contributed by atoms with Gasteiger partial charge < -0.3 is 19.1 Å². The Labute approximate surface area is 161 Å². The first-order valence-electron chi connectivity index (χ1n) is 9.45. The second-order valence-corrected chi connectivity index (χ2v) is 7.15. The number of rotatable bonds is 9. The van der Waals surface area contributed by atoms with Crippen LogP contribution in [0.4, 0.5) is 0 Å². The average molecular weight is 374 g/mol. The second-order valence-electron chi connectivity index (χ2n) is 7.15. The molecular formula is C20H30N4O3. The van der Waals surface area contributed by atoms with Crippen molar-refractivity contribution in [1.29, 1.82) is 0 Å². The molecule has 1 aliphatic heterocycles. The highest BCUT2D eigenvalue weighted by Crippen LogP contribution is 2.16. The van der Waals surface area contributed by atoms with Crippen LogP contribution in [0.1, 0.15) is 11.4 Å². The van der Waals surface area contributed by atoms with Gasteiger partial charge >= 0.3 is 0 Å². The van der Waals surface area contributed by atoms with Crippen molar-refractivity contribution in [2.75, 3.05) is 46.5 Å². The van der Waals surface area contributed by atoms with E-state index in [2.05, 4.69) is 27.9 Å². The van der Waals surface area contributed by atoms with Gasteiger partial charge in [-0.1, -0.05) is 12.1 Å². The zero-order valence-corrected chi connectivity index (χ0v) is 16.3. The van der Waals surface area contributed by atoms with Gasteiger partial charge in [-0.3, -0.25) is 9.80 Å². The molecule has 148 valence electrons. The van der Waals surface area contributed by atoms with Crippen molar-refractivity contribution in [3.8, 4) is 5.75 Å². The zero-order valence-electron chi connectivity index (χ0n) is 16.3. The van der Waals surface area contributed by atoms with Crippen LogP contribution in [0.25, 0.3) is 0 Å². The van der Waals surface area contributed by atoms with E-state index in [1.54, 1.807) is 0 Å². The van der Waals surface area contributed by atoms with Gasteiger partial charge in [-0.2, -0.15) is 0 Å². The molecule has 27 heavy (non-hydrogen) atoms. The molecule has 7 nitrogen and oxygen atoms in total. The smallest absolute Gasteiger partial charge is 0.122 e. The Kier molecular flexibility index (Phi) is 7.23. The lowest BCUT2D eigenvalue weighted by Gasteiger charge is -2.28. The largest absolute Gasteiger partial charge is 0.491 e. The number of imidazole rings is 1. The van der Waals surface area contributed by atoms with E-state index in [0.717, 1.165) is 51.0 Å². The van der Waals surface area contributed by atoms with Crippen molar-refractivity contribution in [2.45, 2.75) is 19.2 Å². The molecule has 1 fully saturated rings. The van der Waals surface area contributed by atoms with E-state index in [-0.39, 0.29) is 0 Å². The van der Waals surface area contributed by atoms with Crippen molar-refractivity contribution in [2.24, 2.45) is 7.05 Å². The summed E-state index contributed by atoms with van der Waals surface area (Å²) in [7, 11) is 4.08. The fourth-order valence-electron chi connectivity index (χ4n) is 3.22. The number of aromatic nitrogens is 2. The Hall–Kier alpha value is -1.93. The maximum absolute atomic E-state index is 10.2. The third kappa shape index (κ3) is 6.32. The molecule has 0 aliphatic carbocycles. The number of ether oxygens (including phenoxy) is 2. The highest BCUT2D eigenvalue weighted by atomic mass is 16.5. The molecule has 2 aromatic rings. The van der Waals surface area contributed by atoms with Crippen LogP contribution in [0, 0.1) is 0 Å². The Bertz CT molecular complexity index is 700. The van der Waals surface area contributed by atoms with Crippen LogP contribution in [-0.2, 0) is 24.9 Å². The van der Waals surface area contributed by atoms with E-state index >= 15 is 0 Å². The Balaban J connectivity index is 1.45. The maximum Gasteiger partial charge on any atom is 0.122 e. The maximum atomic E-state index is 10.2. The molecule has 1 N–H and O–H groups in total. The van der Waals surface area contributed by atoms with Crippen LogP contribution in [0.5, 0.6) is 5.75 Å². The molecule has 0 unspecified atom stereocenters. The minimum atomic E-state index is -0.502. The van der Waals surface area contributed by atoms with E-state index in [9.17, 15) is 5.11 Å². The van der Waals surface area contributed by atoms with Crippen molar-refractivity contribution >= 4 is 0 Å². The van der Waals surface area contributed by atoms with Crippen LogP contribution in [0.3, 0.4) is 0 Å². The van der Waals surface area contributed by atoms with Crippen molar-refractivity contribution in [3.05, 3.63) is 48.0 Å². The number of benzene rings is 1. The van der Waals surface area contributed by atoms with Gasteiger partial charge in [0.1, 0.15) is 24.3 Å². The molecule has 0 saturated carbocycles. The third-order valence-corrected chi connectivity index (χ3v) is 4.70. The number of aliphatic hydroxyl groups excluding tert-OH is 1. The minimum absolute atomic E-state index is 0.296. The molecule has 2 heterocycles. The summed E-state index contributed by atoms with van der Waals surface area (Å²) >= 11 is 0. The van der Waals surface area contributed by atoms with E-state index in [0.29, 0.717) is 13.2 Å². The summed E-state index contributed by atoms with van der Waals surface area (Å²) in [6.45, 7) is 5.72. The Morgan fingerprint density at radius 2 is 2.11 bits per heavy atom. The summed E-state index contributed by atoms with van der Waals surface area (Å²) in [4.78, 5) is 8.79. The quantitative estimate of drug-likeness (QED) is 0.710.